The van der Waals surface area contributed by atoms with Crippen LogP contribution in [-0.2, 0) is 0 Å². The van der Waals surface area contributed by atoms with Crippen LogP contribution >= 0.6 is 23.5 Å². The Kier molecular flexibility index (Phi) is 11.3. The van der Waals surface area contributed by atoms with Crippen molar-refractivity contribution in [2.75, 3.05) is 0 Å². The van der Waals surface area contributed by atoms with Gasteiger partial charge in [-0.05, 0) is 147 Å². The van der Waals surface area contributed by atoms with Gasteiger partial charge in [0.2, 0.25) is 0 Å². The Hall–Kier alpha value is -7.66. The molecule has 14 rings (SSSR count). The molecule has 11 aromatic rings. The van der Waals surface area contributed by atoms with Crippen molar-refractivity contribution in [2.45, 2.75) is 51.2 Å². The SMILES string of the molecule is [2H]C1(c2ccc3c(c2-c2cccc(-c4c(-c5ccccc5)c(-c5ccccc5)c(-c5ccccc5)c(-c5ccccc5)c4-c4ccccc4)c2)Sc2ccccc2[Si]32c3ccccc3Sc3ccccc32)CCCC1. The summed E-state index contributed by atoms with van der Waals surface area (Å²) in [7, 11) is -2.92. The van der Waals surface area contributed by atoms with E-state index in [-0.39, 0.29) is 0 Å². The molecule has 352 valence electrons. The second-order valence-electron chi connectivity index (χ2n) is 19.8. The third-order valence-corrected chi connectivity index (χ3v) is 23.7. The Morgan fingerprint density at radius 3 is 1.03 bits per heavy atom. The second kappa shape index (κ2) is 19.0. The van der Waals surface area contributed by atoms with Crippen molar-refractivity contribution in [1.29, 1.82) is 0 Å². The molecule has 0 unspecified atom stereocenters. The summed E-state index contributed by atoms with van der Waals surface area (Å²) >= 11 is 3.86. The van der Waals surface area contributed by atoms with Crippen LogP contribution in [0.2, 0.25) is 0 Å². The molecule has 1 spiro atoms. The summed E-state index contributed by atoms with van der Waals surface area (Å²) in [6, 6.07) is 97.6. The first-order valence-electron chi connectivity index (χ1n) is 26.5. The predicted molar refractivity (Wildman–Crippen MR) is 318 cm³/mol. The van der Waals surface area contributed by atoms with Gasteiger partial charge in [0, 0.05) is 21.0 Å². The molecule has 0 nitrogen and oxygen atoms in total. The van der Waals surface area contributed by atoms with Crippen molar-refractivity contribution in [1.82, 2.24) is 0 Å². The molecule has 74 heavy (non-hydrogen) atoms. The first kappa shape index (κ1) is 43.9. The van der Waals surface area contributed by atoms with Gasteiger partial charge in [-0.25, -0.2) is 0 Å². The Labute approximate surface area is 446 Å². The first-order valence-corrected chi connectivity index (χ1v) is 29.7. The maximum Gasteiger partial charge on any atom is 0.184 e. The fourth-order valence-corrected chi connectivity index (χ4v) is 22.0. The molecule has 3 heteroatoms. The molecule has 0 aromatic heterocycles. The summed E-state index contributed by atoms with van der Waals surface area (Å²) in [6.45, 7) is 0. The monoisotopic (exact) mass is 997 g/mol. The van der Waals surface area contributed by atoms with E-state index in [0.717, 1.165) is 64.6 Å². The number of benzene rings is 11. The van der Waals surface area contributed by atoms with E-state index in [1.807, 2.05) is 23.5 Å². The van der Waals surface area contributed by atoms with Crippen molar-refractivity contribution in [3.8, 4) is 77.9 Å². The van der Waals surface area contributed by atoms with Crippen LogP contribution in [0, 0.1) is 0 Å². The van der Waals surface area contributed by atoms with Crippen LogP contribution in [0.15, 0.2) is 280 Å². The normalized spacial score (nSPS) is 14.8. The highest BCUT2D eigenvalue weighted by Gasteiger charge is 2.52. The quantitative estimate of drug-likeness (QED) is 0.139. The molecule has 2 aliphatic heterocycles. The summed E-state index contributed by atoms with van der Waals surface area (Å²) < 4.78 is 10.5. The molecule has 11 aromatic carbocycles. The van der Waals surface area contributed by atoms with Crippen LogP contribution in [-0.4, -0.2) is 8.07 Å². The topological polar surface area (TPSA) is 0 Å². The summed E-state index contributed by atoms with van der Waals surface area (Å²) in [6.07, 6.45) is 3.82. The Balaban J connectivity index is 1.14. The average molecular weight is 998 g/mol. The van der Waals surface area contributed by atoms with E-state index in [1.165, 1.54) is 84.8 Å². The molecular weight excluding hydrogens is 945 g/mol. The Bertz CT molecular complexity index is 3780. The van der Waals surface area contributed by atoms with Crippen LogP contribution in [0.4, 0.5) is 0 Å². The van der Waals surface area contributed by atoms with Gasteiger partial charge in [-0.2, -0.15) is 0 Å². The van der Waals surface area contributed by atoms with Gasteiger partial charge in [0.25, 0.3) is 0 Å². The molecular formula is C71H52S2Si. The van der Waals surface area contributed by atoms with E-state index in [4.69, 9.17) is 0 Å². The van der Waals surface area contributed by atoms with Gasteiger partial charge in [0.05, 0.1) is 0 Å². The number of rotatable bonds is 8. The molecule has 0 bridgehead atoms. The van der Waals surface area contributed by atoms with E-state index in [1.54, 1.807) is 0 Å². The van der Waals surface area contributed by atoms with Gasteiger partial charge in [0.1, 0.15) is 0 Å². The molecule has 0 N–H and O–H groups in total. The molecule has 1 aliphatic carbocycles. The van der Waals surface area contributed by atoms with E-state index >= 15 is 0 Å². The van der Waals surface area contributed by atoms with Crippen molar-refractivity contribution in [3.05, 3.63) is 266 Å². The molecule has 0 atom stereocenters. The molecule has 0 radical (unpaired) electrons. The van der Waals surface area contributed by atoms with Crippen molar-refractivity contribution >= 4 is 52.3 Å². The second-order valence-corrected chi connectivity index (χ2v) is 25.6. The lowest BCUT2D eigenvalue weighted by molar-refractivity contribution is 0.723. The predicted octanol–water partition coefficient (Wildman–Crippen LogP) is 17.3. The van der Waals surface area contributed by atoms with Gasteiger partial charge < -0.3 is 0 Å². The van der Waals surface area contributed by atoms with Crippen LogP contribution in [0.1, 0.15) is 38.5 Å². The number of hydrogen-bond donors (Lipinski definition) is 0. The minimum Gasteiger partial charge on any atom is -0.0903 e. The largest absolute Gasteiger partial charge is 0.184 e. The van der Waals surface area contributed by atoms with Gasteiger partial charge in [-0.1, -0.05) is 273 Å². The van der Waals surface area contributed by atoms with Crippen molar-refractivity contribution in [3.63, 3.8) is 0 Å². The smallest absolute Gasteiger partial charge is 0.0903 e. The fraction of sp³-hybridized carbons (Fsp3) is 0.0704. The zero-order chi connectivity index (χ0) is 49.9. The van der Waals surface area contributed by atoms with Crippen LogP contribution in [0.5, 0.6) is 0 Å². The summed E-state index contributed by atoms with van der Waals surface area (Å²) in [5, 5.41) is 5.79. The van der Waals surface area contributed by atoms with E-state index in [9.17, 15) is 1.37 Å². The maximum atomic E-state index is 10.5. The third kappa shape index (κ3) is 7.35. The highest BCUT2D eigenvalue weighted by Crippen LogP contribution is 2.57. The highest BCUT2D eigenvalue weighted by molar-refractivity contribution is 8.01. The van der Waals surface area contributed by atoms with Crippen LogP contribution in [0.3, 0.4) is 0 Å². The first-order chi connectivity index (χ1) is 37.1. The minimum absolute atomic E-state index is 0.715. The fourth-order valence-electron chi connectivity index (χ4n) is 12.7. The molecule has 2 heterocycles. The Morgan fingerprint density at radius 1 is 0.297 bits per heavy atom. The summed E-state index contributed by atoms with van der Waals surface area (Å²) in [5.74, 6) is -0.715. The lowest BCUT2D eigenvalue weighted by atomic mass is 9.74. The number of fused-ring (bicyclic) bond motifs is 8. The summed E-state index contributed by atoms with van der Waals surface area (Å²) in [4.78, 5) is 5.33. The van der Waals surface area contributed by atoms with E-state index in [2.05, 4.69) is 261 Å². The van der Waals surface area contributed by atoms with E-state index in [0.29, 0.717) is 0 Å². The average Bonchev–Trinajstić information content (AvgIpc) is 3.97. The highest BCUT2D eigenvalue weighted by atomic mass is 32.2. The van der Waals surface area contributed by atoms with Gasteiger partial charge in [0.15, 0.2) is 8.07 Å². The molecule has 0 amide bonds. The number of hydrogen-bond acceptors (Lipinski definition) is 2. The summed E-state index contributed by atoms with van der Waals surface area (Å²) in [5.41, 5.74) is 17.7. The zero-order valence-corrected chi connectivity index (χ0v) is 43.6. The third-order valence-electron chi connectivity index (χ3n) is 15.7. The van der Waals surface area contributed by atoms with Gasteiger partial charge >= 0.3 is 0 Å². The lowest BCUT2D eigenvalue weighted by Crippen LogP contribution is -2.78. The molecule has 1 fully saturated rings. The Morgan fingerprint density at radius 2 is 0.622 bits per heavy atom. The molecule has 1 saturated carbocycles. The lowest BCUT2D eigenvalue weighted by Gasteiger charge is -2.44. The van der Waals surface area contributed by atoms with Gasteiger partial charge in [-0.15, -0.1) is 0 Å². The van der Waals surface area contributed by atoms with Crippen molar-refractivity contribution in [2.24, 2.45) is 0 Å². The maximum absolute atomic E-state index is 10.5. The molecule has 3 aliphatic rings. The van der Waals surface area contributed by atoms with Crippen LogP contribution in [0.25, 0.3) is 77.9 Å². The van der Waals surface area contributed by atoms with Crippen LogP contribution < -0.4 is 20.7 Å². The van der Waals surface area contributed by atoms with Gasteiger partial charge in [-0.3, -0.25) is 0 Å². The van der Waals surface area contributed by atoms with Crippen molar-refractivity contribution < 1.29 is 1.37 Å². The zero-order valence-electron chi connectivity index (χ0n) is 42.0. The minimum atomic E-state index is -2.92. The van der Waals surface area contributed by atoms with E-state index < -0.39 is 14.0 Å². The molecule has 0 saturated heterocycles. The standard InChI is InChI=1S/C71H52S2Si/c1-6-27-49(28-7-1)65-66(50-29-8-2-9-30-50)68(52-33-12-4-13-34-52)70(69(53-35-14-5-15-36-53)67(65)51-31-10-3-11-32-51)55-38-24-37-54(47-55)64-56(48-25-16-17-26-48)45-46-63-71(64)73-59-41-20-23-44-62(59)74(63)60-42-21-18-39-57(60)72-58-40-19-22-43-61(58)74/h1-15,18-24,27-48H,16-17,25-26H2/i48D.